The summed E-state index contributed by atoms with van der Waals surface area (Å²) in [7, 11) is 0. The van der Waals surface area contributed by atoms with E-state index in [4.69, 9.17) is 23.2 Å². The fourth-order valence-electron chi connectivity index (χ4n) is 3.49. The van der Waals surface area contributed by atoms with Crippen molar-refractivity contribution in [3.63, 3.8) is 0 Å². The zero-order valence-electron chi connectivity index (χ0n) is 17.8. The van der Waals surface area contributed by atoms with E-state index in [0.717, 1.165) is 30.4 Å². The third-order valence-electron chi connectivity index (χ3n) is 5.47. The summed E-state index contributed by atoms with van der Waals surface area (Å²) in [6, 6.07) is 10.4. The Balaban J connectivity index is 1.43. The van der Waals surface area contributed by atoms with Crippen LogP contribution in [0.15, 0.2) is 47.7 Å². The van der Waals surface area contributed by atoms with Crippen LogP contribution >= 0.6 is 23.2 Å². The highest BCUT2D eigenvalue weighted by Crippen LogP contribution is 2.23. The maximum atomic E-state index is 13.7. The van der Waals surface area contributed by atoms with Crippen molar-refractivity contribution >= 4 is 35.0 Å². The molecule has 32 heavy (non-hydrogen) atoms. The molecule has 0 atom stereocenters. The average Bonchev–Trinajstić information content (AvgIpc) is 3.05. The predicted octanol–water partition coefficient (Wildman–Crippen LogP) is 4.78. The monoisotopic (exact) mass is 478 g/mol. The van der Waals surface area contributed by atoms with Crippen molar-refractivity contribution in [3.05, 3.63) is 80.3 Å². The minimum absolute atomic E-state index is 0.0358. The van der Waals surface area contributed by atoms with Crippen LogP contribution in [0.25, 0.3) is 0 Å². The number of nitrogens with zero attached hydrogens (tertiary/aromatic N) is 1. The number of rotatable bonds is 9. The van der Waals surface area contributed by atoms with Crippen molar-refractivity contribution in [2.24, 2.45) is 0 Å². The van der Waals surface area contributed by atoms with Crippen LogP contribution in [0.2, 0.25) is 10.0 Å². The van der Waals surface area contributed by atoms with Crippen molar-refractivity contribution in [1.29, 1.82) is 0 Å². The molecule has 1 heterocycles. The van der Waals surface area contributed by atoms with E-state index < -0.39 is 17.6 Å². The van der Waals surface area contributed by atoms with E-state index in [2.05, 4.69) is 5.32 Å². The first-order valence-corrected chi connectivity index (χ1v) is 11.2. The van der Waals surface area contributed by atoms with E-state index in [9.17, 15) is 19.1 Å². The average molecular weight is 479 g/mol. The SMILES string of the molecule is Cc1ccc(CCN2CC(C(=O)NCCCCc3ccc(Cl)c(Cl)c3)=C(O)C2=O)cc1F. The molecule has 0 unspecified atom stereocenters. The molecule has 5 nitrogen and oxygen atoms in total. The molecule has 1 aliphatic heterocycles. The zero-order valence-corrected chi connectivity index (χ0v) is 19.3. The Morgan fingerprint density at radius 3 is 2.53 bits per heavy atom. The lowest BCUT2D eigenvalue weighted by Crippen LogP contribution is -2.32. The molecule has 0 aromatic heterocycles. The molecule has 3 rings (SSSR count). The number of carbonyl (C=O) groups excluding carboxylic acids is 2. The molecule has 1 aliphatic rings. The molecule has 0 aliphatic carbocycles. The molecule has 0 radical (unpaired) electrons. The summed E-state index contributed by atoms with van der Waals surface area (Å²) in [6.45, 7) is 2.43. The van der Waals surface area contributed by atoms with E-state index in [1.165, 1.54) is 11.0 Å². The number of benzene rings is 2. The number of aliphatic hydroxyl groups excluding tert-OH is 1. The standard InChI is InChI=1S/C24H25Cl2FN2O3/c1-15-5-6-17(13-21(15)27)9-11-29-14-18(22(30)24(29)32)23(31)28-10-3-2-4-16-7-8-19(25)20(26)12-16/h5-8,12-13,30H,2-4,9-11,14H2,1H3,(H,28,31). The number of aryl methyl sites for hydroxylation is 2. The highest BCUT2D eigenvalue weighted by atomic mass is 35.5. The minimum Gasteiger partial charge on any atom is -0.503 e. The van der Waals surface area contributed by atoms with Crippen LogP contribution in [0.5, 0.6) is 0 Å². The van der Waals surface area contributed by atoms with E-state index in [1.807, 2.05) is 12.1 Å². The summed E-state index contributed by atoms with van der Waals surface area (Å²) < 4.78 is 13.7. The molecule has 2 aromatic carbocycles. The summed E-state index contributed by atoms with van der Waals surface area (Å²) in [5.74, 6) is -1.85. The smallest absolute Gasteiger partial charge is 0.289 e. The normalized spacial score (nSPS) is 13.8. The van der Waals surface area contributed by atoms with Crippen LogP contribution in [0.1, 0.15) is 29.5 Å². The number of nitrogens with one attached hydrogen (secondary N) is 1. The Morgan fingerprint density at radius 1 is 1.09 bits per heavy atom. The van der Waals surface area contributed by atoms with Gasteiger partial charge in [0.25, 0.3) is 11.8 Å². The van der Waals surface area contributed by atoms with Gasteiger partial charge in [0.05, 0.1) is 22.2 Å². The molecule has 2 aromatic rings. The number of amides is 2. The fraction of sp³-hybridized carbons (Fsp3) is 0.333. The number of aliphatic hydroxyl groups is 1. The quantitative estimate of drug-likeness (QED) is 0.509. The number of carbonyl (C=O) groups is 2. The molecule has 0 saturated carbocycles. The Bertz CT molecular complexity index is 1060. The Hall–Kier alpha value is -2.57. The van der Waals surface area contributed by atoms with Crippen molar-refractivity contribution < 1.29 is 19.1 Å². The molecule has 0 bridgehead atoms. The topological polar surface area (TPSA) is 69.6 Å². The molecule has 0 fully saturated rings. The van der Waals surface area contributed by atoms with Crippen LogP contribution in [0.4, 0.5) is 4.39 Å². The lowest BCUT2D eigenvalue weighted by atomic mass is 10.1. The Kier molecular flexibility index (Phi) is 8.15. The van der Waals surface area contributed by atoms with Gasteiger partial charge in [-0.05, 0) is 67.5 Å². The fourth-order valence-corrected chi connectivity index (χ4v) is 3.81. The van der Waals surface area contributed by atoms with Crippen molar-refractivity contribution in [2.75, 3.05) is 19.6 Å². The van der Waals surface area contributed by atoms with E-state index in [1.54, 1.807) is 25.1 Å². The van der Waals surface area contributed by atoms with Gasteiger partial charge in [-0.25, -0.2) is 4.39 Å². The summed E-state index contributed by atoms with van der Waals surface area (Å²) in [5, 5.41) is 13.9. The molecule has 2 amide bonds. The van der Waals surface area contributed by atoms with Crippen molar-refractivity contribution in [2.45, 2.75) is 32.6 Å². The highest BCUT2D eigenvalue weighted by Gasteiger charge is 2.33. The third kappa shape index (κ3) is 6.02. The molecular formula is C24H25Cl2FN2O3. The van der Waals surface area contributed by atoms with Gasteiger partial charge in [0.15, 0.2) is 5.76 Å². The van der Waals surface area contributed by atoms with Crippen molar-refractivity contribution in [3.8, 4) is 0 Å². The number of hydrogen-bond acceptors (Lipinski definition) is 3. The van der Waals surface area contributed by atoms with Crippen LogP contribution in [0.3, 0.4) is 0 Å². The second-order valence-electron chi connectivity index (χ2n) is 7.85. The van der Waals surface area contributed by atoms with Gasteiger partial charge in [-0.1, -0.05) is 41.4 Å². The van der Waals surface area contributed by atoms with Gasteiger partial charge in [0.2, 0.25) is 0 Å². The second-order valence-corrected chi connectivity index (χ2v) is 8.66. The van der Waals surface area contributed by atoms with E-state index >= 15 is 0 Å². The van der Waals surface area contributed by atoms with Gasteiger partial charge in [-0.15, -0.1) is 0 Å². The Labute approximate surface area is 196 Å². The lowest BCUT2D eigenvalue weighted by molar-refractivity contribution is -0.127. The number of unbranched alkanes of at least 4 members (excludes halogenated alkanes) is 1. The van der Waals surface area contributed by atoms with Gasteiger partial charge in [-0.3, -0.25) is 9.59 Å². The molecule has 2 N–H and O–H groups in total. The van der Waals surface area contributed by atoms with Gasteiger partial charge < -0.3 is 15.3 Å². The predicted molar refractivity (Wildman–Crippen MR) is 123 cm³/mol. The zero-order chi connectivity index (χ0) is 23.3. The second kappa shape index (κ2) is 10.8. The molecular weight excluding hydrogens is 454 g/mol. The molecule has 0 saturated heterocycles. The first kappa shape index (κ1) is 24.1. The maximum absolute atomic E-state index is 13.7. The van der Waals surface area contributed by atoms with Crippen LogP contribution < -0.4 is 5.32 Å². The van der Waals surface area contributed by atoms with Gasteiger partial charge in [-0.2, -0.15) is 0 Å². The highest BCUT2D eigenvalue weighted by molar-refractivity contribution is 6.42. The lowest BCUT2D eigenvalue weighted by Gasteiger charge is -2.16. The molecule has 0 spiro atoms. The maximum Gasteiger partial charge on any atom is 0.289 e. The summed E-state index contributed by atoms with van der Waals surface area (Å²) in [4.78, 5) is 26.1. The summed E-state index contributed by atoms with van der Waals surface area (Å²) >= 11 is 11.9. The minimum atomic E-state index is -0.581. The summed E-state index contributed by atoms with van der Waals surface area (Å²) in [5.41, 5.74) is 2.44. The van der Waals surface area contributed by atoms with Crippen LogP contribution in [0, 0.1) is 12.7 Å². The number of halogens is 3. The van der Waals surface area contributed by atoms with Gasteiger partial charge >= 0.3 is 0 Å². The van der Waals surface area contributed by atoms with Gasteiger partial charge in [0, 0.05) is 13.1 Å². The first-order valence-electron chi connectivity index (χ1n) is 10.4. The van der Waals surface area contributed by atoms with Crippen LogP contribution in [-0.4, -0.2) is 41.5 Å². The largest absolute Gasteiger partial charge is 0.503 e. The Morgan fingerprint density at radius 2 is 1.81 bits per heavy atom. The van der Waals surface area contributed by atoms with Crippen molar-refractivity contribution in [1.82, 2.24) is 10.2 Å². The molecule has 170 valence electrons. The van der Waals surface area contributed by atoms with Gasteiger partial charge in [0.1, 0.15) is 5.82 Å². The summed E-state index contributed by atoms with van der Waals surface area (Å²) in [6.07, 6.45) is 2.80. The molecule has 8 heteroatoms. The third-order valence-corrected chi connectivity index (χ3v) is 6.21. The first-order chi connectivity index (χ1) is 15.3. The van der Waals surface area contributed by atoms with E-state index in [-0.39, 0.29) is 24.5 Å². The number of hydrogen-bond donors (Lipinski definition) is 2. The van der Waals surface area contributed by atoms with E-state index in [0.29, 0.717) is 28.6 Å². The van der Waals surface area contributed by atoms with Crippen LogP contribution in [-0.2, 0) is 22.4 Å².